The highest BCUT2D eigenvalue weighted by molar-refractivity contribution is 5.67. The smallest absolute Gasteiger partial charge is 0.407 e. The number of amides is 1. The van der Waals surface area contributed by atoms with Gasteiger partial charge in [-0.3, -0.25) is 0 Å². The first-order valence-electron chi connectivity index (χ1n) is 8.10. The summed E-state index contributed by atoms with van der Waals surface area (Å²) in [7, 11) is 0. The van der Waals surface area contributed by atoms with Crippen LogP contribution in [0.4, 0.5) is 4.79 Å². The first-order chi connectivity index (χ1) is 10.3. The van der Waals surface area contributed by atoms with E-state index in [0.717, 1.165) is 19.4 Å². The minimum atomic E-state index is -0.472. The third-order valence-electron chi connectivity index (χ3n) is 4.00. The van der Waals surface area contributed by atoms with E-state index >= 15 is 0 Å². The number of benzene rings is 1. The number of aryl methyl sites for hydroxylation is 1. The summed E-state index contributed by atoms with van der Waals surface area (Å²) < 4.78 is 5.36. The lowest BCUT2D eigenvalue weighted by Crippen LogP contribution is -2.53. The fourth-order valence-corrected chi connectivity index (χ4v) is 2.95. The van der Waals surface area contributed by atoms with Crippen LogP contribution in [0.15, 0.2) is 24.3 Å². The highest BCUT2D eigenvalue weighted by atomic mass is 16.6. The number of hydrogen-bond acceptors (Lipinski definition) is 3. The van der Waals surface area contributed by atoms with Gasteiger partial charge < -0.3 is 15.4 Å². The van der Waals surface area contributed by atoms with Crippen LogP contribution in [-0.2, 0) is 10.3 Å². The van der Waals surface area contributed by atoms with Crippen LogP contribution in [0.1, 0.15) is 51.2 Å². The van der Waals surface area contributed by atoms with Gasteiger partial charge in [0.25, 0.3) is 0 Å². The van der Waals surface area contributed by atoms with Crippen molar-refractivity contribution in [2.45, 2.75) is 58.1 Å². The summed E-state index contributed by atoms with van der Waals surface area (Å²) in [5.74, 6) is 0. The molecule has 0 aliphatic carbocycles. The molecule has 1 unspecified atom stereocenters. The van der Waals surface area contributed by atoms with E-state index in [2.05, 4.69) is 41.8 Å². The number of ether oxygens (including phenoxy) is 1. The van der Waals surface area contributed by atoms with Gasteiger partial charge in [-0.2, -0.15) is 0 Å². The average molecular weight is 304 g/mol. The van der Waals surface area contributed by atoms with E-state index in [9.17, 15) is 4.79 Å². The van der Waals surface area contributed by atoms with Gasteiger partial charge >= 0.3 is 6.09 Å². The number of piperidine rings is 1. The van der Waals surface area contributed by atoms with Gasteiger partial charge in [-0.1, -0.05) is 29.8 Å². The van der Waals surface area contributed by atoms with Crippen molar-refractivity contribution in [1.82, 2.24) is 10.6 Å². The van der Waals surface area contributed by atoms with Crippen molar-refractivity contribution in [3.63, 3.8) is 0 Å². The molecule has 122 valence electrons. The van der Waals surface area contributed by atoms with E-state index in [4.69, 9.17) is 4.74 Å². The second kappa shape index (κ2) is 6.69. The van der Waals surface area contributed by atoms with Gasteiger partial charge in [0, 0.05) is 6.54 Å². The predicted octanol–water partition coefficient (Wildman–Crippen LogP) is 3.49. The minimum absolute atomic E-state index is 0.193. The molecule has 4 heteroatoms. The first kappa shape index (κ1) is 16.8. The first-order valence-corrected chi connectivity index (χ1v) is 8.10. The second-order valence-corrected chi connectivity index (χ2v) is 7.19. The van der Waals surface area contributed by atoms with Crippen molar-refractivity contribution in [3.05, 3.63) is 35.4 Å². The number of rotatable bonds is 3. The van der Waals surface area contributed by atoms with Gasteiger partial charge in [0.2, 0.25) is 0 Å². The Balaban J connectivity index is 2.11. The molecule has 4 nitrogen and oxygen atoms in total. The van der Waals surface area contributed by atoms with Crippen molar-refractivity contribution in [2.24, 2.45) is 0 Å². The molecule has 1 aromatic carbocycles. The topological polar surface area (TPSA) is 50.4 Å². The molecule has 1 aromatic rings. The Kier molecular flexibility index (Phi) is 5.12. The Morgan fingerprint density at radius 1 is 1.36 bits per heavy atom. The normalized spacial score (nSPS) is 22.2. The molecule has 1 saturated heterocycles. The molecule has 0 spiro atoms. The van der Waals surface area contributed by atoms with E-state index in [1.54, 1.807) is 0 Å². The molecule has 1 fully saturated rings. The molecule has 0 radical (unpaired) electrons. The number of carbonyl (C=O) groups excluding carboxylic acids is 1. The van der Waals surface area contributed by atoms with Gasteiger partial charge in [0.15, 0.2) is 0 Å². The monoisotopic (exact) mass is 304 g/mol. The van der Waals surface area contributed by atoms with E-state index in [-0.39, 0.29) is 11.6 Å². The molecule has 1 atom stereocenters. The SMILES string of the molecule is Cc1cccc(C2(CNC(=O)OC(C)(C)C)CCCCN2)c1. The molecule has 2 rings (SSSR count). The number of nitrogens with one attached hydrogen (secondary N) is 2. The van der Waals surface area contributed by atoms with Crippen molar-refractivity contribution in [3.8, 4) is 0 Å². The predicted molar refractivity (Wildman–Crippen MR) is 88.9 cm³/mol. The molecular formula is C18H28N2O2. The third-order valence-corrected chi connectivity index (χ3v) is 4.00. The fraction of sp³-hybridized carbons (Fsp3) is 0.611. The molecule has 0 saturated carbocycles. The molecule has 0 aromatic heterocycles. The van der Waals surface area contributed by atoms with Crippen molar-refractivity contribution in [2.75, 3.05) is 13.1 Å². The van der Waals surface area contributed by atoms with E-state index in [1.165, 1.54) is 17.5 Å². The van der Waals surface area contributed by atoms with Crippen molar-refractivity contribution < 1.29 is 9.53 Å². The summed E-state index contributed by atoms with van der Waals surface area (Å²) >= 11 is 0. The lowest BCUT2D eigenvalue weighted by atomic mass is 9.81. The van der Waals surface area contributed by atoms with Gasteiger partial charge in [0.1, 0.15) is 5.60 Å². The highest BCUT2D eigenvalue weighted by Gasteiger charge is 2.34. The van der Waals surface area contributed by atoms with E-state index < -0.39 is 5.60 Å². The number of alkyl carbamates (subject to hydrolysis) is 1. The maximum absolute atomic E-state index is 12.0. The fourth-order valence-electron chi connectivity index (χ4n) is 2.95. The van der Waals surface area contributed by atoms with Crippen molar-refractivity contribution >= 4 is 6.09 Å². The summed E-state index contributed by atoms with van der Waals surface area (Å²) in [6, 6.07) is 8.52. The zero-order valence-electron chi connectivity index (χ0n) is 14.2. The number of hydrogen-bond donors (Lipinski definition) is 2. The van der Waals surface area contributed by atoms with Crippen LogP contribution in [0.25, 0.3) is 0 Å². The Morgan fingerprint density at radius 3 is 2.73 bits per heavy atom. The average Bonchev–Trinajstić information content (AvgIpc) is 2.44. The van der Waals surface area contributed by atoms with Crippen LogP contribution in [0.2, 0.25) is 0 Å². The molecule has 2 N–H and O–H groups in total. The summed E-state index contributed by atoms with van der Waals surface area (Å²) in [5.41, 5.74) is 1.81. The maximum Gasteiger partial charge on any atom is 0.407 e. The van der Waals surface area contributed by atoms with Crippen LogP contribution in [0, 0.1) is 6.92 Å². The molecule has 1 amide bonds. The van der Waals surface area contributed by atoms with E-state index in [0.29, 0.717) is 6.54 Å². The Hall–Kier alpha value is -1.55. The standard InChI is InChI=1S/C18H28N2O2/c1-14-8-7-9-15(12-14)18(10-5-6-11-20-18)13-19-16(21)22-17(2,3)4/h7-9,12,20H,5-6,10-11,13H2,1-4H3,(H,19,21). The number of carbonyl (C=O) groups is 1. The molecule has 1 aliphatic rings. The molecule has 22 heavy (non-hydrogen) atoms. The summed E-state index contributed by atoms with van der Waals surface area (Å²) in [5, 5.41) is 6.57. The summed E-state index contributed by atoms with van der Waals surface area (Å²) in [6.45, 7) is 9.25. The molecular weight excluding hydrogens is 276 g/mol. The van der Waals surface area contributed by atoms with Crippen LogP contribution in [0.3, 0.4) is 0 Å². The molecule has 1 aliphatic heterocycles. The lowest BCUT2D eigenvalue weighted by molar-refractivity contribution is 0.0502. The second-order valence-electron chi connectivity index (χ2n) is 7.19. The zero-order valence-corrected chi connectivity index (χ0v) is 14.2. The van der Waals surface area contributed by atoms with Gasteiger partial charge in [0.05, 0.1) is 5.54 Å². The third kappa shape index (κ3) is 4.47. The summed E-state index contributed by atoms with van der Waals surface area (Å²) in [4.78, 5) is 12.0. The van der Waals surface area contributed by atoms with Crippen LogP contribution >= 0.6 is 0 Å². The van der Waals surface area contributed by atoms with Crippen LogP contribution in [-0.4, -0.2) is 24.8 Å². The van der Waals surface area contributed by atoms with Crippen molar-refractivity contribution in [1.29, 1.82) is 0 Å². The molecule has 1 heterocycles. The van der Waals surface area contributed by atoms with Crippen LogP contribution in [0.5, 0.6) is 0 Å². The highest BCUT2D eigenvalue weighted by Crippen LogP contribution is 2.30. The minimum Gasteiger partial charge on any atom is -0.444 e. The van der Waals surface area contributed by atoms with Crippen LogP contribution < -0.4 is 10.6 Å². The van der Waals surface area contributed by atoms with Gasteiger partial charge in [-0.15, -0.1) is 0 Å². The largest absolute Gasteiger partial charge is 0.444 e. The summed E-state index contributed by atoms with van der Waals surface area (Å²) in [6.07, 6.45) is 3.01. The maximum atomic E-state index is 12.0. The lowest BCUT2D eigenvalue weighted by Gasteiger charge is -2.39. The quantitative estimate of drug-likeness (QED) is 0.899. The Bertz CT molecular complexity index is 514. The Morgan fingerprint density at radius 2 is 2.14 bits per heavy atom. The van der Waals surface area contributed by atoms with Gasteiger partial charge in [-0.05, 0) is 59.1 Å². The Labute approximate surface area is 133 Å². The zero-order chi connectivity index (χ0) is 16.2. The molecule has 0 bridgehead atoms. The van der Waals surface area contributed by atoms with Gasteiger partial charge in [-0.25, -0.2) is 4.79 Å². The van der Waals surface area contributed by atoms with E-state index in [1.807, 2.05) is 20.8 Å².